The molecule has 0 saturated carbocycles. The van der Waals surface area contributed by atoms with Crippen LogP contribution < -0.4 is 0 Å². The number of likely N-dealkylation sites (tertiary alicyclic amines) is 1. The molecule has 3 nitrogen and oxygen atoms in total. The summed E-state index contributed by atoms with van der Waals surface area (Å²) in [5.41, 5.74) is 0. The number of aliphatic hydroxyl groups excluding tert-OH is 1. The number of hydrogen-bond donors (Lipinski definition) is 1. The van der Waals surface area contributed by atoms with Crippen molar-refractivity contribution in [2.24, 2.45) is 5.92 Å². The van der Waals surface area contributed by atoms with Gasteiger partial charge in [0.1, 0.15) is 5.38 Å². The zero-order chi connectivity index (χ0) is 9.84. The number of halogens is 1. The normalized spacial score (nSPS) is 31.5. The van der Waals surface area contributed by atoms with E-state index >= 15 is 0 Å². The van der Waals surface area contributed by atoms with Crippen LogP contribution in [0, 0.1) is 17.2 Å². The van der Waals surface area contributed by atoms with Crippen LogP contribution >= 0.6 is 11.6 Å². The van der Waals surface area contributed by atoms with Gasteiger partial charge in [-0.2, -0.15) is 5.26 Å². The summed E-state index contributed by atoms with van der Waals surface area (Å²) >= 11 is 5.73. The average Bonchev–Trinajstić information content (AvgIpc) is 2.46. The van der Waals surface area contributed by atoms with Crippen molar-refractivity contribution in [3.05, 3.63) is 0 Å². The molecular weight excluding hydrogens is 188 g/mol. The monoisotopic (exact) mass is 202 g/mol. The minimum Gasteiger partial charge on any atom is -0.395 e. The van der Waals surface area contributed by atoms with E-state index in [-0.39, 0.29) is 12.6 Å². The Bertz CT molecular complexity index is 204. The molecule has 0 aromatic rings. The number of aliphatic hydroxyl groups is 1. The number of nitriles is 1. The van der Waals surface area contributed by atoms with E-state index in [4.69, 9.17) is 22.0 Å². The standard InChI is InChI=1S/C9H15ClN2O/c1-7-2-3-12(9(7)6-13)5-8(10)4-11/h7-9,13H,2-3,5-6H2,1H3. The first-order valence-corrected chi connectivity index (χ1v) is 5.01. The number of rotatable bonds is 3. The maximum absolute atomic E-state index is 9.12. The van der Waals surface area contributed by atoms with Gasteiger partial charge in [-0.05, 0) is 18.9 Å². The van der Waals surface area contributed by atoms with E-state index in [1.54, 1.807) is 0 Å². The molecule has 0 aliphatic carbocycles. The van der Waals surface area contributed by atoms with Crippen molar-refractivity contribution in [1.29, 1.82) is 5.26 Å². The van der Waals surface area contributed by atoms with E-state index in [2.05, 4.69) is 11.8 Å². The zero-order valence-corrected chi connectivity index (χ0v) is 8.54. The zero-order valence-electron chi connectivity index (χ0n) is 7.78. The highest BCUT2D eigenvalue weighted by Gasteiger charge is 2.31. The van der Waals surface area contributed by atoms with Gasteiger partial charge >= 0.3 is 0 Å². The molecular formula is C9H15ClN2O. The smallest absolute Gasteiger partial charge is 0.133 e. The summed E-state index contributed by atoms with van der Waals surface area (Å²) in [6.45, 7) is 3.79. The van der Waals surface area contributed by atoms with Gasteiger partial charge in [0.25, 0.3) is 0 Å². The third-order valence-corrected chi connectivity index (χ3v) is 2.96. The van der Waals surface area contributed by atoms with Gasteiger partial charge in [0.05, 0.1) is 12.7 Å². The molecule has 3 atom stereocenters. The fourth-order valence-electron chi connectivity index (χ4n) is 1.86. The quantitative estimate of drug-likeness (QED) is 0.690. The van der Waals surface area contributed by atoms with Gasteiger partial charge in [0, 0.05) is 12.6 Å². The molecule has 13 heavy (non-hydrogen) atoms. The van der Waals surface area contributed by atoms with Crippen molar-refractivity contribution < 1.29 is 5.11 Å². The van der Waals surface area contributed by atoms with Crippen LogP contribution in [0.3, 0.4) is 0 Å². The van der Waals surface area contributed by atoms with Gasteiger partial charge in [-0.15, -0.1) is 11.6 Å². The van der Waals surface area contributed by atoms with Crippen LogP contribution in [0.5, 0.6) is 0 Å². The molecule has 4 heteroatoms. The molecule has 3 unspecified atom stereocenters. The van der Waals surface area contributed by atoms with E-state index in [9.17, 15) is 0 Å². The maximum Gasteiger partial charge on any atom is 0.133 e. The third-order valence-electron chi connectivity index (χ3n) is 2.72. The SMILES string of the molecule is CC1CCN(CC(Cl)C#N)C1CO. The van der Waals surface area contributed by atoms with Crippen molar-refractivity contribution in [1.82, 2.24) is 4.90 Å². The predicted molar refractivity (Wildman–Crippen MR) is 51.5 cm³/mol. The van der Waals surface area contributed by atoms with Gasteiger partial charge in [-0.1, -0.05) is 6.92 Å². The predicted octanol–water partition coefficient (Wildman–Crippen LogP) is 0.820. The van der Waals surface area contributed by atoms with E-state index in [0.717, 1.165) is 13.0 Å². The summed E-state index contributed by atoms with van der Waals surface area (Å²) in [5.74, 6) is 0.507. The molecule has 0 aromatic heterocycles. The van der Waals surface area contributed by atoms with Gasteiger partial charge in [0.2, 0.25) is 0 Å². The van der Waals surface area contributed by atoms with Crippen molar-refractivity contribution in [2.45, 2.75) is 24.8 Å². The van der Waals surface area contributed by atoms with Gasteiger partial charge in [-0.25, -0.2) is 0 Å². The van der Waals surface area contributed by atoms with Crippen molar-refractivity contribution >= 4 is 11.6 Å². The van der Waals surface area contributed by atoms with E-state index < -0.39 is 5.38 Å². The third kappa shape index (κ3) is 2.57. The lowest BCUT2D eigenvalue weighted by Crippen LogP contribution is -2.38. The van der Waals surface area contributed by atoms with E-state index in [1.807, 2.05) is 6.07 Å². The molecule has 0 bridgehead atoms. The highest BCUT2D eigenvalue weighted by Crippen LogP contribution is 2.23. The summed E-state index contributed by atoms with van der Waals surface area (Å²) in [4.78, 5) is 2.10. The fourth-order valence-corrected chi connectivity index (χ4v) is 2.03. The molecule has 1 aliphatic heterocycles. The summed E-state index contributed by atoms with van der Waals surface area (Å²) < 4.78 is 0. The topological polar surface area (TPSA) is 47.3 Å². The van der Waals surface area contributed by atoms with Crippen LogP contribution in [-0.2, 0) is 0 Å². The van der Waals surface area contributed by atoms with Gasteiger partial charge < -0.3 is 5.11 Å². The Kier molecular flexibility index (Phi) is 3.98. The Balaban J connectivity index is 2.47. The molecule has 1 saturated heterocycles. The first kappa shape index (κ1) is 10.8. The largest absolute Gasteiger partial charge is 0.395 e. The van der Waals surface area contributed by atoms with E-state index in [1.165, 1.54) is 0 Å². The second-order valence-electron chi connectivity index (χ2n) is 3.61. The van der Waals surface area contributed by atoms with Crippen molar-refractivity contribution in [3.63, 3.8) is 0 Å². The molecule has 1 aliphatic rings. The lowest BCUT2D eigenvalue weighted by atomic mass is 10.0. The lowest BCUT2D eigenvalue weighted by Gasteiger charge is -2.24. The van der Waals surface area contributed by atoms with Crippen LogP contribution in [0.25, 0.3) is 0 Å². The minimum atomic E-state index is -0.459. The molecule has 1 fully saturated rings. The number of hydrogen-bond acceptors (Lipinski definition) is 3. The molecule has 0 amide bonds. The Hall–Kier alpha value is -0.300. The minimum absolute atomic E-state index is 0.163. The molecule has 0 spiro atoms. The average molecular weight is 203 g/mol. The maximum atomic E-state index is 9.12. The van der Waals surface area contributed by atoms with Gasteiger partial charge in [-0.3, -0.25) is 4.90 Å². The summed E-state index contributed by atoms with van der Waals surface area (Å²) in [6.07, 6.45) is 1.08. The van der Waals surface area contributed by atoms with Crippen LogP contribution in [0.15, 0.2) is 0 Å². The molecule has 74 valence electrons. The van der Waals surface area contributed by atoms with E-state index in [0.29, 0.717) is 12.5 Å². The van der Waals surface area contributed by atoms with Crippen LogP contribution in [0.2, 0.25) is 0 Å². The number of alkyl halides is 1. The molecule has 1 N–H and O–H groups in total. The highest BCUT2D eigenvalue weighted by atomic mass is 35.5. The molecule has 1 rings (SSSR count). The Morgan fingerprint density at radius 2 is 2.46 bits per heavy atom. The second-order valence-corrected chi connectivity index (χ2v) is 4.13. The first-order valence-electron chi connectivity index (χ1n) is 4.57. The summed E-state index contributed by atoms with van der Waals surface area (Å²) in [6, 6.07) is 2.18. The second kappa shape index (κ2) is 4.80. The first-order chi connectivity index (χ1) is 6.19. The Morgan fingerprint density at radius 3 is 3.00 bits per heavy atom. The Labute approximate surface area is 83.9 Å². The molecule has 0 radical (unpaired) electrons. The van der Waals surface area contributed by atoms with Crippen LogP contribution in [0.4, 0.5) is 0 Å². The van der Waals surface area contributed by atoms with Crippen LogP contribution in [-0.4, -0.2) is 41.1 Å². The molecule has 1 heterocycles. The fraction of sp³-hybridized carbons (Fsp3) is 0.889. The lowest BCUT2D eigenvalue weighted by molar-refractivity contribution is 0.142. The summed E-state index contributed by atoms with van der Waals surface area (Å²) in [5, 5.41) is 17.2. The highest BCUT2D eigenvalue weighted by molar-refractivity contribution is 6.22. The molecule has 0 aromatic carbocycles. The number of nitrogens with zero attached hydrogens (tertiary/aromatic N) is 2. The Morgan fingerprint density at radius 1 is 1.77 bits per heavy atom. The van der Waals surface area contributed by atoms with Crippen molar-refractivity contribution in [2.75, 3.05) is 19.7 Å². The summed E-state index contributed by atoms with van der Waals surface area (Å²) in [7, 11) is 0. The van der Waals surface area contributed by atoms with Crippen molar-refractivity contribution in [3.8, 4) is 6.07 Å². The van der Waals surface area contributed by atoms with Gasteiger partial charge in [0.15, 0.2) is 0 Å². The van der Waals surface area contributed by atoms with Crippen LogP contribution in [0.1, 0.15) is 13.3 Å².